The first-order valence-electron chi connectivity index (χ1n) is 6.50. The highest BCUT2D eigenvalue weighted by Gasteiger charge is 2.13. The van der Waals surface area contributed by atoms with Crippen LogP contribution in [-0.4, -0.2) is 24.8 Å². The summed E-state index contributed by atoms with van der Waals surface area (Å²) in [4.78, 5) is 32.7. The van der Waals surface area contributed by atoms with Gasteiger partial charge in [-0.05, 0) is 25.1 Å². The maximum atomic E-state index is 11.2. The topological polar surface area (TPSA) is 86.5 Å². The van der Waals surface area contributed by atoms with E-state index < -0.39 is 5.97 Å². The van der Waals surface area contributed by atoms with Crippen LogP contribution in [0.2, 0.25) is 0 Å². The van der Waals surface area contributed by atoms with E-state index in [2.05, 4.69) is 4.74 Å². The number of hydrogen-bond donors (Lipinski definition) is 1. The second-order valence-corrected chi connectivity index (χ2v) is 4.32. The van der Waals surface area contributed by atoms with E-state index in [1.807, 2.05) is 6.07 Å². The SMILES string of the molecule is COC(=O)c1ccccc1C(C)=O.NC(=O)c1ccccc1. The fraction of sp³-hybridized carbons (Fsp3) is 0.118. The normalized spacial score (nSPS) is 9.18. The molecule has 5 nitrogen and oxygen atoms in total. The molecule has 2 N–H and O–H groups in total. The van der Waals surface area contributed by atoms with Crippen LogP contribution < -0.4 is 5.73 Å². The van der Waals surface area contributed by atoms with Gasteiger partial charge in [-0.25, -0.2) is 4.79 Å². The van der Waals surface area contributed by atoms with Crippen molar-refractivity contribution in [3.05, 3.63) is 71.3 Å². The molecule has 0 radical (unpaired) electrons. The largest absolute Gasteiger partial charge is 0.465 e. The van der Waals surface area contributed by atoms with Crippen molar-refractivity contribution in [1.29, 1.82) is 0 Å². The van der Waals surface area contributed by atoms with Crippen LogP contribution in [0.25, 0.3) is 0 Å². The summed E-state index contributed by atoms with van der Waals surface area (Å²) in [5, 5.41) is 0. The number of esters is 1. The minimum absolute atomic E-state index is 0.138. The highest BCUT2D eigenvalue weighted by Crippen LogP contribution is 2.10. The first-order valence-corrected chi connectivity index (χ1v) is 6.50. The Morgan fingerprint density at radius 2 is 1.36 bits per heavy atom. The van der Waals surface area contributed by atoms with Gasteiger partial charge in [-0.3, -0.25) is 9.59 Å². The number of primary amides is 1. The third-order valence-electron chi connectivity index (χ3n) is 2.77. The highest BCUT2D eigenvalue weighted by molar-refractivity contribution is 6.05. The Labute approximate surface area is 128 Å². The number of hydrogen-bond acceptors (Lipinski definition) is 4. The molecule has 0 aromatic heterocycles. The summed E-state index contributed by atoms with van der Waals surface area (Å²) in [6.45, 7) is 1.42. The number of carbonyl (C=O) groups is 3. The molecule has 114 valence electrons. The predicted octanol–water partition coefficient (Wildman–Crippen LogP) is 2.46. The summed E-state index contributed by atoms with van der Waals surface area (Å²) in [5.41, 5.74) is 6.24. The van der Waals surface area contributed by atoms with Crippen molar-refractivity contribution in [2.24, 2.45) is 5.73 Å². The Morgan fingerprint density at radius 1 is 0.864 bits per heavy atom. The van der Waals surface area contributed by atoms with Crippen molar-refractivity contribution in [2.75, 3.05) is 7.11 Å². The van der Waals surface area contributed by atoms with Gasteiger partial charge < -0.3 is 10.5 Å². The average molecular weight is 299 g/mol. The minimum Gasteiger partial charge on any atom is -0.465 e. The molecule has 0 aliphatic rings. The van der Waals surface area contributed by atoms with Gasteiger partial charge in [0.15, 0.2) is 5.78 Å². The molecule has 0 aliphatic carbocycles. The summed E-state index contributed by atoms with van der Waals surface area (Å²) in [6.07, 6.45) is 0. The number of amides is 1. The van der Waals surface area contributed by atoms with Crippen molar-refractivity contribution in [3.63, 3.8) is 0 Å². The molecule has 5 heteroatoms. The van der Waals surface area contributed by atoms with Crippen LogP contribution in [0.3, 0.4) is 0 Å². The van der Waals surface area contributed by atoms with Crippen LogP contribution in [0, 0.1) is 0 Å². The molecule has 0 spiro atoms. The number of methoxy groups -OCH3 is 1. The smallest absolute Gasteiger partial charge is 0.338 e. The summed E-state index contributed by atoms with van der Waals surface area (Å²) >= 11 is 0. The molecule has 2 aromatic rings. The number of Topliss-reactive ketones (excluding diaryl/α,β-unsaturated/α-hetero) is 1. The summed E-state index contributed by atoms with van der Waals surface area (Å²) in [5.74, 6) is -0.998. The predicted molar refractivity (Wildman–Crippen MR) is 82.7 cm³/mol. The molecule has 0 saturated carbocycles. The van der Waals surface area contributed by atoms with Crippen LogP contribution >= 0.6 is 0 Å². The van der Waals surface area contributed by atoms with Gasteiger partial charge in [-0.2, -0.15) is 0 Å². The number of ketones is 1. The molecular formula is C17H17NO4. The number of ether oxygens (including phenoxy) is 1. The first kappa shape index (κ1) is 17.1. The number of nitrogens with two attached hydrogens (primary N) is 1. The molecule has 0 fully saturated rings. The highest BCUT2D eigenvalue weighted by atomic mass is 16.5. The maximum absolute atomic E-state index is 11.2. The van der Waals surface area contributed by atoms with Gasteiger partial charge >= 0.3 is 5.97 Å². The van der Waals surface area contributed by atoms with Gasteiger partial charge in [-0.1, -0.05) is 36.4 Å². The Balaban J connectivity index is 0.000000235. The quantitative estimate of drug-likeness (QED) is 0.696. The van der Waals surface area contributed by atoms with E-state index in [0.717, 1.165) is 0 Å². The van der Waals surface area contributed by atoms with Crippen molar-refractivity contribution in [1.82, 2.24) is 0 Å². The van der Waals surface area contributed by atoms with Crippen molar-refractivity contribution >= 4 is 17.7 Å². The van der Waals surface area contributed by atoms with E-state index in [-0.39, 0.29) is 11.7 Å². The fourth-order valence-electron chi connectivity index (χ4n) is 1.68. The van der Waals surface area contributed by atoms with E-state index in [9.17, 15) is 14.4 Å². The second-order valence-electron chi connectivity index (χ2n) is 4.32. The van der Waals surface area contributed by atoms with Gasteiger partial charge in [0.05, 0.1) is 12.7 Å². The second kappa shape index (κ2) is 8.36. The molecule has 0 aliphatic heterocycles. The molecule has 22 heavy (non-hydrogen) atoms. The molecule has 0 heterocycles. The van der Waals surface area contributed by atoms with E-state index in [4.69, 9.17) is 5.73 Å². The minimum atomic E-state index is -0.481. The molecule has 1 amide bonds. The Bertz CT molecular complexity index is 665. The van der Waals surface area contributed by atoms with Crippen LogP contribution in [0.15, 0.2) is 54.6 Å². The first-order chi connectivity index (χ1) is 10.5. The fourth-order valence-corrected chi connectivity index (χ4v) is 1.68. The third-order valence-corrected chi connectivity index (χ3v) is 2.77. The van der Waals surface area contributed by atoms with Gasteiger partial charge in [0.1, 0.15) is 0 Å². The van der Waals surface area contributed by atoms with Gasteiger partial charge in [0, 0.05) is 11.1 Å². The van der Waals surface area contributed by atoms with E-state index in [1.54, 1.807) is 48.5 Å². The number of carbonyl (C=O) groups excluding carboxylic acids is 3. The molecule has 0 atom stereocenters. The van der Waals surface area contributed by atoms with E-state index in [1.165, 1.54) is 14.0 Å². The monoisotopic (exact) mass is 299 g/mol. The molecule has 0 bridgehead atoms. The van der Waals surface area contributed by atoms with Gasteiger partial charge in [0.25, 0.3) is 0 Å². The van der Waals surface area contributed by atoms with Crippen molar-refractivity contribution in [3.8, 4) is 0 Å². The van der Waals surface area contributed by atoms with Crippen LogP contribution in [-0.2, 0) is 4.74 Å². The van der Waals surface area contributed by atoms with E-state index in [0.29, 0.717) is 16.7 Å². The van der Waals surface area contributed by atoms with Crippen molar-refractivity contribution in [2.45, 2.75) is 6.92 Å². The van der Waals surface area contributed by atoms with Gasteiger partial charge in [0.2, 0.25) is 5.91 Å². The van der Waals surface area contributed by atoms with E-state index >= 15 is 0 Å². The molecule has 2 rings (SSSR count). The average Bonchev–Trinajstić information content (AvgIpc) is 2.55. The van der Waals surface area contributed by atoms with Crippen LogP contribution in [0.4, 0.5) is 0 Å². The van der Waals surface area contributed by atoms with Crippen LogP contribution in [0.5, 0.6) is 0 Å². The Kier molecular flexibility index (Phi) is 6.50. The zero-order valence-corrected chi connectivity index (χ0v) is 12.4. The lowest BCUT2D eigenvalue weighted by molar-refractivity contribution is 0.0597. The van der Waals surface area contributed by atoms with Crippen molar-refractivity contribution < 1.29 is 19.1 Å². The summed E-state index contributed by atoms with van der Waals surface area (Å²) in [6, 6.07) is 15.3. The lowest BCUT2D eigenvalue weighted by Crippen LogP contribution is -2.09. The molecule has 2 aromatic carbocycles. The zero-order valence-electron chi connectivity index (χ0n) is 12.4. The Hall–Kier alpha value is -2.95. The molecule has 0 saturated heterocycles. The third kappa shape index (κ3) is 4.86. The summed E-state index contributed by atoms with van der Waals surface area (Å²) in [7, 11) is 1.29. The molecular weight excluding hydrogens is 282 g/mol. The number of rotatable bonds is 3. The lowest BCUT2D eigenvalue weighted by Gasteiger charge is -2.03. The standard InChI is InChI=1S/C10H10O3.C7H7NO/c1-7(11)8-5-3-4-6-9(8)10(12)13-2;8-7(9)6-4-2-1-3-5-6/h3-6H,1-2H3;1-5H,(H2,8,9). The molecule has 0 unspecified atom stereocenters. The van der Waals surface area contributed by atoms with Gasteiger partial charge in [-0.15, -0.1) is 0 Å². The number of benzene rings is 2. The lowest BCUT2D eigenvalue weighted by atomic mass is 10.0. The maximum Gasteiger partial charge on any atom is 0.338 e. The summed E-state index contributed by atoms with van der Waals surface area (Å²) < 4.78 is 4.54. The van der Waals surface area contributed by atoms with Crippen LogP contribution in [0.1, 0.15) is 38.0 Å². The Morgan fingerprint density at radius 3 is 1.77 bits per heavy atom. The zero-order chi connectivity index (χ0) is 16.5.